The summed E-state index contributed by atoms with van der Waals surface area (Å²) in [7, 11) is 1.59. The van der Waals surface area contributed by atoms with E-state index in [1.54, 1.807) is 0 Å². The normalized spacial score (nSPS) is 14.9. The molecule has 0 heterocycles. The van der Waals surface area contributed by atoms with Gasteiger partial charge in [-0.1, -0.05) is 90.4 Å². The molecule has 0 N–H and O–H groups in total. The molecule has 0 amide bonds. The van der Waals surface area contributed by atoms with Crippen LogP contribution in [-0.4, -0.2) is 71.3 Å². The van der Waals surface area contributed by atoms with Gasteiger partial charge in [-0.25, -0.2) is 0 Å². The van der Waals surface area contributed by atoms with Gasteiger partial charge in [0.05, 0.1) is 34.4 Å². The molecule has 206 valence electrons. The fourth-order valence-electron chi connectivity index (χ4n) is 3.58. The van der Waals surface area contributed by atoms with E-state index in [9.17, 15) is 9.46 Å². The fourth-order valence-corrected chi connectivity index (χ4v) is 4.31. The van der Waals surface area contributed by atoms with E-state index in [0.717, 1.165) is 12.8 Å². The minimum Gasteiger partial charge on any atom is -0.756 e. The van der Waals surface area contributed by atoms with Crippen molar-refractivity contribution in [1.29, 1.82) is 0 Å². The Balaban J connectivity index is 3.78. The minimum absolute atomic E-state index is 0.0796. The van der Waals surface area contributed by atoms with Crippen molar-refractivity contribution >= 4 is 7.82 Å². The Morgan fingerprint density at radius 3 is 1.68 bits per heavy atom. The third-order valence-corrected chi connectivity index (χ3v) is 6.75. The first-order chi connectivity index (χ1) is 16.2. The molecule has 0 saturated heterocycles. The fraction of sp³-hybridized carbons (Fsp3) is 1.00. The molecule has 34 heavy (non-hydrogen) atoms. The highest BCUT2D eigenvalue weighted by Crippen LogP contribution is 2.38. The highest BCUT2D eigenvalue weighted by atomic mass is 31.2. The summed E-state index contributed by atoms with van der Waals surface area (Å²) >= 11 is 0. The molecule has 0 aliphatic rings. The molecule has 0 radical (unpaired) electrons. The summed E-state index contributed by atoms with van der Waals surface area (Å²) < 4.78 is 33.9. The Morgan fingerprint density at radius 2 is 1.21 bits per heavy atom. The SMILES string of the molecule is CCCCCCCCCCCCCCCCOC(COCC)COP(=O)([O-])OCC[N+](C)(C)C. The van der Waals surface area contributed by atoms with E-state index >= 15 is 0 Å². The second kappa shape index (κ2) is 22.2. The number of phosphoric ester groups is 1. The number of likely N-dealkylation sites (N-methyl/N-ethyl adjacent to an activating group) is 1. The van der Waals surface area contributed by atoms with Crippen LogP contribution in [0.3, 0.4) is 0 Å². The number of ether oxygens (including phenoxy) is 2. The maximum Gasteiger partial charge on any atom is 0.268 e. The lowest BCUT2D eigenvalue weighted by Gasteiger charge is -2.28. The summed E-state index contributed by atoms with van der Waals surface area (Å²) in [6.07, 6.45) is 18.0. The van der Waals surface area contributed by atoms with Crippen molar-refractivity contribution in [2.24, 2.45) is 0 Å². The Morgan fingerprint density at radius 1 is 0.706 bits per heavy atom. The first kappa shape index (κ1) is 34.0. The van der Waals surface area contributed by atoms with Crippen molar-refractivity contribution in [3.63, 3.8) is 0 Å². The van der Waals surface area contributed by atoms with Crippen LogP contribution in [0.25, 0.3) is 0 Å². The molecule has 0 rings (SSSR count). The molecule has 0 fully saturated rings. The van der Waals surface area contributed by atoms with E-state index in [1.807, 2.05) is 28.1 Å². The molecule has 0 spiro atoms. The van der Waals surface area contributed by atoms with Crippen LogP contribution in [-0.2, 0) is 23.1 Å². The van der Waals surface area contributed by atoms with Crippen molar-refractivity contribution in [3.8, 4) is 0 Å². The molecule has 7 nitrogen and oxygen atoms in total. The number of unbranched alkanes of at least 4 members (excludes halogenated alkanes) is 13. The molecular formula is C26H56NO6P. The van der Waals surface area contributed by atoms with Gasteiger partial charge in [0.25, 0.3) is 7.82 Å². The van der Waals surface area contributed by atoms with E-state index in [-0.39, 0.29) is 13.2 Å². The van der Waals surface area contributed by atoms with Crippen LogP contribution >= 0.6 is 7.82 Å². The number of nitrogens with zero attached hydrogens (tertiary/aromatic N) is 1. The van der Waals surface area contributed by atoms with Crippen LogP contribution in [0.5, 0.6) is 0 Å². The molecule has 2 atom stereocenters. The van der Waals surface area contributed by atoms with Gasteiger partial charge in [-0.05, 0) is 13.3 Å². The molecule has 0 aromatic heterocycles. The standard InChI is InChI=1S/C26H56NO6P/c1-6-8-9-10-11-12-13-14-15-16-17-18-19-20-22-31-26(24-30-7-2)25-33-34(28,29)32-23-21-27(3,4)5/h26H,6-25H2,1-5H3. The number of hydrogen-bond donors (Lipinski definition) is 0. The van der Waals surface area contributed by atoms with Crippen LogP contribution in [0.2, 0.25) is 0 Å². The highest BCUT2D eigenvalue weighted by Gasteiger charge is 2.17. The maximum absolute atomic E-state index is 12.0. The topological polar surface area (TPSA) is 77.1 Å². The average molecular weight is 510 g/mol. The van der Waals surface area contributed by atoms with Crippen molar-refractivity contribution in [2.75, 3.05) is 60.7 Å². The van der Waals surface area contributed by atoms with E-state index in [4.69, 9.17) is 18.5 Å². The lowest BCUT2D eigenvalue weighted by atomic mass is 10.0. The predicted octanol–water partition coefficient (Wildman–Crippen LogP) is 6.10. The van der Waals surface area contributed by atoms with Gasteiger partial charge in [0.2, 0.25) is 0 Å². The van der Waals surface area contributed by atoms with Crippen LogP contribution in [0.4, 0.5) is 0 Å². The van der Waals surface area contributed by atoms with Gasteiger partial charge >= 0.3 is 0 Å². The molecule has 0 aliphatic heterocycles. The molecule has 0 aromatic carbocycles. The molecule has 8 heteroatoms. The summed E-state index contributed by atoms with van der Waals surface area (Å²) in [6.45, 7) is 6.21. The number of phosphoric acid groups is 1. The maximum atomic E-state index is 12.0. The quantitative estimate of drug-likeness (QED) is 0.0797. The molecule has 0 bridgehead atoms. The smallest absolute Gasteiger partial charge is 0.268 e. The zero-order valence-corrected chi connectivity index (χ0v) is 24.0. The second-order valence-electron chi connectivity index (χ2n) is 10.3. The monoisotopic (exact) mass is 509 g/mol. The molecule has 0 saturated carbocycles. The van der Waals surface area contributed by atoms with Crippen molar-refractivity contribution in [3.05, 3.63) is 0 Å². The Bertz CT molecular complexity index is 486. The van der Waals surface area contributed by atoms with E-state index in [1.165, 1.54) is 77.0 Å². The summed E-state index contributed by atoms with van der Waals surface area (Å²) in [5.41, 5.74) is 0. The predicted molar refractivity (Wildman–Crippen MR) is 139 cm³/mol. The zero-order valence-electron chi connectivity index (χ0n) is 23.1. The van der Waals surface area contributed by atoms with Crippen molar-refractivity contribution in [1.82, 2.24) is 0 Å². The second-order valence-corrected chi connectivity index (χ2v) is 11.7. The number of rotatable bonds is 26. The van der Waals surface area contributed by atoms with E-state index in [2.05, 4.69) is 6.92 Å². The summed E-state index contributed by atoms with van der Waals surface area (Å²) in [5, 5.41) is 0. The Kier molecular flexibility index (Phi) is 22.2. The molecular weight excluding hydrogens is 453 g/mol. The van der Waals surface area contributed by atoms with Crippen LogP contribution in [0.15, 0.2) is 0 Å². The lowest BCUT2D eigenvalue weighted by Crippen LogP contribution is -2.37. The number of quaternary nitrogens is 1. The molecule has 2 unspecified atom stereocenters. The van der Waals surface area contributed by atoms with Gasteiger partial charge < -0.3 is 27.9 Å². The Hall–Kier alpha value is -0.0100. The molecule has 0 aliphatic carbocycles. The van der Waals surface area contributed by atoms with E-state index < -0.39 is 13.9 Å². The van der Waals surface area contributed by atoms with Gasteiger partial charge in [0.15, 0.2) is 0 Å². The zero-order chi connectivity index (χ0) is 25.5. The van der Waals surface area contributed by atoms with Gasteiger partial charge in [-0.3, -0.25) is 4.57 Å². The first-order valence-corrected chi connectivity index (χ1v) is 15.3. The first-order valence-electron chi connectivity index (χ1n) is 13.8. The summed E-state index contributed by atoms with van der Waals surface area (Å²) in [5.74, 6) is 0. The Labute approximate surface area is 211 Å². The van der Waals surface area contributed by atoms with Gasteiger partial charge in [0, 0.05) is 13.2 Å². The largest absolute Gasteiger partial charge is 0.756 e. The average Bonchev–Trinajstić information content (AvgIpc) is 2.76. The van der Waals surface area contributed by atoms with Crippen LogP contribution in [0.1, 0.15) is 104 Å². The minimum atomic E-state index is -4.33. The van der Waals surface area contributed by atoms with Gasteiger partial charge in [0.1, 0.15) is 19.3 Å². The third kappa shape index (κ3) is 25.1. The summed E-state index contributed by atoms with van der Waals surface area (Å²) in [4.78, 5) is 12.0. The van der Waals surface area contributed by atoms with Crippen molar-refractivity contribution in [2.45, 2.75) is 110 Å². The van der Waals surface area contributed by atoms with Crippen molar-refractivity contribution < 1.29 is 32.5 Å². The van der Waals surface area contributed by atoms with Gasteiger partial charge in [-0.15, -0.1) is 0 Å². The molecule has 0 aromatic rings. The van der Waals surface area contributed by atoms with Gasteiger partial charge in [-0.2, -0.15) is 0 Å². The van der Waals surface area contributed by atoms with Crippen LogP contribution < -0.4 is 4.89 Å². The van der Waals surface area contributed by atoms with Crippen LogP contribution in [0, 0.1) is 0 Å². The lowest BCUT2D eigenvalue weighted by molar-refractivity contribution is -0.870. The van der Waals surface area contributed by atoms with E-state index in [0.29, 0.717) is 30.8 Å². The highest BCUT2D eigenvalue weighted by molar-refractivity contribution is 7.45. The summed E-state index contributed by atoms with van der Waals surface area (Å²) in [6, 6.07) is 0. The third-order valence-electron chi connectivity index (χ3n) is 5.79. The number of hydrogen-bond acceptors (Lipinski definition) is 6.